The zero-order chi connectivity index (χ0) is 19.2. The molecule has 0 atom stereocenters. The molecule has 0 unspecified atom stereocenters. The summed E-state index contributed by atoms with van der Waals surface area (Å²) in [4.78, 5) is 21.8. The van der Waals surface area contributed by atoms with E-state index in [1.807, 2.05) is 0 Å². The molecule has 26 heavy (non-hydrogen) atoms. The molecule has 1 fully saturated rings. The normalized spacial score (nSPS) is 15.2. The van der Waals surface area contributed by atoms with Gasteiger partial charge in [-0.3, -0.25) is 14.9 Å². The number of morpholine rings is 1. The first-order valence-electron chi connectivity index (χ1n) is 7.73. The molecule has 1 amide bonds. The lowest BCUT2D eigenvalue weighted by Crippen LogP contribution is -2.40. The first-order valence-corrected chi connectivity index (χ1v) is 9.17. The quantitative estimate of drug-likeness (QED) is 0.387. The molecule has 1 aromatic carbocycles. The van der Waals surface area contributed by atoms with E-state index >= 15 is 0 Å². The highest BCUT2D eigenvalue weighted by atomic mass is 32.2. The molecule has 0 aliphatic carbocycles. The minimum Gasteiger partial charge on any atom is -0.477 e. The van der Waals surface area contributed by atoms with Crippen molar-refractivity contribution in [2.24, 2.45) is 0 Å². The highest BCUT2D eigenvalue weighted by Crippen LogP contribution is 2.31. The highest BCUT2D eigenvalue weighted by Gasteiger charge is 2.29. The fourth-order valence-corrected chi connectivity index (χ4v) is 3.67. The molecule has 1 aromatic rings. The number of sulfonamides is 1. The Balaban J connectivity index is 2.21. The minimum atomic E-state index is -3.88. The lowest BCUT2D eigenvalue weighted by atomic mass is 10.3. The zero-order valence-electron chi connectivity index (χ0n) is 13.9. The van der Waals surface area contributed by atoms with Crippen LogP contribution in [0.4, 0.5) is 5.69 Å². The van der Waals surface area contributed by atoms with Crippen molar-refractivity contribution in [2.75, 3.05) is 39.5 Å². The van der Waals surface area contributed by atoms with Crippen molar-refractivity contribution >= 4 is 21.6 Å². The Morgan fingerprint density at radius 1 is 1.42 bits per heavy atom. The monoisotopic (exact) mass is 385 g/mol. The number of hydrogen-bond donors (Lipinski definition) is 1. The van der Waals surface area contributed by atoms with Gasteiger partial charge in [0.15, 0.2) is 12.4 Å². The average molecular weight is 385 g/mol. The summed E-state index contributed by atoms with van der Waals surface area (Å²) in [5, 5.41) is 13.7. The van der Waals surface area contributed by atoms with Gasteiger partial charge in [0, 0.05) is 25.7 Å². The van der Waals surface area contributed by atoms with E-state index in [0.717, 1.165) is 6.07 Å². The van der Waals surface area contributed by atoms with Crippen LogP contribution in [0.5, 0.6) is 5.75 Å². The molecule has 1 aliphatic heterocycles. The molecular formula is C15H19N3O7S. The van der Waals surface area contributed by atoms with Gasteiger partial charge in [-0.25, -0.2) is 8.42 Å². The van der Waals surface area contributed by atoms with Crippen LogP contribution in [0.15, 0.2) is 35.7 Å². The van der Waals surface area contributed by atoms with Crippen molar-refractivity contribution in [3.05, 3.63) is 41.0 Å². The SMILES string of the molecule is C=CCNC(=O)COc1ccc(S(=O)(=O)N2CCOCC2)cc1[N+](=O)[O-]. The van der Waals surface area contributed by atoms with E-state index in [1.165, 1.54) is 22.5 Å². The lowest BCUT2D eigenvalue weighted by molar-refractivity contribution is -0.386. The van der Waals surface area contributed by atoms with Gasteiger partial charge < -0.3 is 14.8 Å². The third-order valence-corrected chi connectivity index (χ3v) is 5.43. The summed E-state index contributed by atoms with van der Waals surface area (Å²) in [5.74, 6) is -0.672. The van der Waals surface area contributed by atoms with Crippen LogP contribution in [0.2, 0.25) is 0 Å². The summed E-state index contributed by atoms with van der Waals surface area (Å²) in [5.41, 5.74) is -0.532. The lowest BCUT2D eigenvalue weighted by Gasteiger charge is -2.26. The number of rotatable bonds is 8. The molecule has 0 aromatic heterocycles. The Morgan fingerprint density at radius 3 is 2.73 bits per heavy atom. The molecule has 0 bridgehead atoms. The fraction of sp³-hybridized carbons (Fsp3) is 0.400. The average Bonchev–Trinajstić information content (AvgIpc) is 2.65. The van der Waals surface area contributed by atoms with E-state index in [4.69, 9.17) is 9.47 Å². The number of nitro groups is 1. The molecule has 0 radical (unpaired) electrons. The van der Waals surface area contributed by atoms with Crippen LogP contribution in [0.25, 0.3) is 0 Å². The first-order chi connectivity index (χ1) is 12.4. The predicted molar refractivity (Wildman–Crippen MR) is 91.4 cm³/mol. The van der Waals surface area contributed by atoms with Crippen molar-refractivity contribution in [3.63, 3.8) is 0 Å². The molecule has 0 spiro atoms. The van der Waals surface area contributed by atoms with Crippen LogP contribution in [0, 0.1) is 10.1 Å². The Kier molecular flexibility index (Phi) is 6.66. The van der Waals surface area contributed by atoms with E-state index in [0.29, 0.717) is 0 Å². The van der Waals surface area contributed by atoms with Crippen LogP contribution in [-0.2, 0) is 19.6 Å². The number of ether oxygens (including phenoxy) is 2. The second-order valence-electron chi connectivity index (χ2n) is 5.28. The van der Waals surface area contributed by atoms with Gasteiger partial charge in [0.05, 0.1) is 23.0 Å². The van der Waals surface area contributed by atoms with Crippen molar-refractivity contribution in [2.45, 2.75) is 4.90 Å². The molecule has 142 valence electrons. The van der Waals surface area contributed by atoms with Crippen LogP contribution in [-0.4, -0.2) is 63.0 Å². The fourth-order valence-electron chi connectivity index (χ4n) is 2.24. The molecule has 10 nitrogen and oxygen atoms in total. The molecule has 2 rings (SSSR count). The Hall–Kier alpha value is -2.50. The van der Waals surface area contributed by atoms with Gasteiger partial charge in [-0.1, -0.05) is 6.08 Å². The van der Waals surface area contributed by atoms with Crippen LogP contribution < -0.4 is 10.1 Å². The van der Waals surface area contributed by atoms with E-state index in [2.05, 4.69) is 11.9 Å². The van der Waals surface area contributed by atoms with Crippen molar-refractivity contribution < 1.29 is 27.6 Å². The van der Waals surface area contributed by atoms with E-state index in [9.17, 15) is 23.3 Å². The topological polar surface area (TPSA) is 128 Å². The van der Waals surface area contributed by atoms with E-state index < -0.39 is 33.1 Å². The van der Waals surface area contributed by atoms with Crippen molar-refractivity contribution in [3.8, 4) is 5.75 Å². The summed E-state index contributed by atoms with van der Waals surface area (Å²) in [7, 11) is -3.88. The number of hydrogen-bond acceptors (Lipinski definition) is 7. The number of benzene rings is 1. The Bertz CT molecular complexity index is 788. The second kappa shape index (κ2) is 8.74. The maximum absolute atomic E-state index is 12.6. The number of nitrogens with zero attached hydrogens (tertiary/aromatic N) is 2. The number of nitrogens with one attached hydrogen (secondary N) is 1. The van der Waals surface area contributed by atoms with Gasteiger partial charge in [0.2, 0.25) is 10.0 Å². The number of carbonyl (C=O) groups is 1. The standard InChI is InChI=1S/C15H19N3O7S/c1-2-5-16-15(19)11-25-14-4-3-12(10-13(14)18(20)21)26(22,23)17-6-8-24-9-7-17/h2-4,10H,1,5-9,11H2,(H,16,19). The number of carbonyl (C=O) groups excluding carboxylic acids is 1. The van der Waals surface area contributed by atoms with Gasteiger partial charge in [-0.15, -0.1) is 6.58 Å². The molecule has 1 aliphatic rings. The number of nitro benzene ring substituents is 1. The Morgan fingerprint density at radius 2 is 2.12 bits per heavy atom. The highest BCUT2D eigenvalue weighted by molar-refractivity contribution is 7.89. The second-order valence-corrected chi connectivity index (χ2v) is 7.22. The van der Waals surface area contributed by atoms with Gasteiger partial charge in [-0.05, 0) is 12.1 Å². The zero-order valence-corrected chi connectivity index (χ0v) is 14.7. The largest absolute Gasteiger partial charge is 0.477 e. The Labute approximate surface area is 150 Å². The van der Waals surface area contributed by atoms with E-state index in [-0.39, 0.29) is 43.5 Å². The van der Waals surface area contributed by atoms with Crippen molar-refractivity contribution in [1.82, 2.24) is 9.62 Å². The summed E-state index contributed by atoms with van der Waals surface area (Å²) in [6, 6.07) is 3.32. The smallest absolute Gasteiger partial charge is 0.312 e. The minimum absolute atomic E-state index is 0.178. The van der Waals surface area contributed by atoms with Crippen LogP contribution in [0.1, 0.15) is 0 Å². The van der Waals surface area contributed by atoms with Crippen molar-refractivity contribution in [1.29, 1.82) is 0 Å². The first kappa shape index (κ1) is 19.8. The van der Waals surface area contributed by atoms with Crippen LogP contribution in [0.3, 0.4) is 0 Å². The summed E-state index contributed by atoms with van der Waals surface area (Å²) in [6.45, 7) is 4.13. The third kappa shape index (κ3) is 4.77. The van der Waals surface area contributed by atoms with E-state index in [1.54, 1.807) is 0 Å². The maximum atomic E-state index is 12.6. The predicted octanol–water partition coefficient (Wildman–Crippen LogP) is 0.297. The molecule has 0 saturated carbocycles. The molecule has 1 heterocycles. The summed E-state index contributed by atoms with van der Waals surface area (Å²) < 4.78 is 36.7. The van der Waals surface area contributed by atoms with Gasteiger partial charge in [0.1, 0.15) is 0 Å². The molecule has 1 saturated heterocycles. The van der Waals surface area contributed by atoms with Crippen LogP contribution >= 0.6 is 0 Å². The molecule has 11 heteroatoms. The maximum Gasteiger partial charge on any atom is 0.312 e. The summed E-state index contributed by atoms with van der Waals surface area (Å²) in [6.07, 6.45) is 1.48. The van der Waals surface area contributed by atoms with Gasteiger partial charge in [-0.2, -0.15) is 4.31 Å². The van der Waals surface area contributed by atoms with Gasteiger partial charge in [0.25, 0.3) is 5.91 Å². The van der Waals surface area contributed by atoms with Gasteiger partial charge >= 0.3 is 5.69 Å². The molecular weight excluding hydrogens is 366 g/mol. The molecule has 1 N–H and O–H groups in total. The summed E-state index contributed by atoms with van der Waals surface area (Å²) >= 11 is 0. The third-order valence-electron chi connectivity index (χ3n) is 3.54. The number of amides is 1.